The van der Waals surface area contributed by atoms with Gasteiger partial charge in [0.1, 0.15) is 0 Å². The van der Waals surface area contributed by atoms with Crippen LogP contribution in [0.3, 0.4) is 0 Å². The van der Waals surface area contributed by atoms with E-state index in [0.29, 0.717) is 0 Å². The summed E-state index contributed by atoms with van der Waals surface area (Å²) in [6.45, 7) is 3.89. The zero-order chi connectivity index (χ0) is 15.4. The second-order valence-electron chi connectivity index (χ2n) is 5.09. The Balaban J connectivity index is 0.00000192. The van der Waals surface area contributed by atoms with Gasteiger partial charge in [0.15, 0.2) is 0 Å². The highest BCUT2D eigenvalue weighted by atomic mass is 79.9. The largest absolute Gasteiger partial charge is 0.284 e. The van der Waals surface area contributed by atoms with Gasteiger partial charge in [0.2, 0.25) is 4.80 Å². The fourth-order valence-electron chi connectivity index (χ4n) is 2.16. The molecule has 0 amide bonds. The minimum Gasteiger partial charge on any atom is -0.284 e. The van der Waals surface area contributed by atoms with Crippen LogP contribution in [0.25, 0.3) is 16.9 Å². The molecule has 0 bridgehead atoms. The van der Waals surface area contributed by atoms with E-state index in [1.54, 1.807) is 11.3 Å². The molecule has 1 heterocycles. The van der Waals surface area contributed by atoms with Crippen molar-refractivity contribution in [2.75, 3.05) is 0 Å². The number of nitrogens with zero attached hydrogens (tertiary/aromatic N) is 3. The number of thiazole rings is 1. The van der Waals surface area contributed by atoms with Crippen LogP contribution in [0.2, 0.25) is 0 Å². The van der Waals surface area contributed by atoms with Crippen molar-refractivity contribution in [1.29, 1.82) is 0 Å². The number of hydrogen-bond acceptors (Lipinski definition) is 3. The molecular weight excluding hydrogens is 370 g/mol. The highest BCUT2D eigenvalue weighted by Crippen LogP contribution is 2.23. The van der Waals surface area contributed by atoms with E-state index in [1.165, 1.54) is 5.56 Å². The van der Waals surface area contributed by atoms with Gasteiger partial charge in [-0.1, -0.05) is 48.5 Å². The maximum Gasteiger partial charge on any atom is 0.215 e. The Kier molecular flexibility index (Phi) is 6.07. The lowest BCUT2D eigenvalue weighted by molar-refractivity contribution is 0.969. The molecule has 0 aliphatic carbocycles. The van der Waals surface area contributed by atoms with Crippen molar-refractivity contribution in [1.82, 2.24) is 4.57 Å². The van der Waals surface area contributed by atoms with Crippen LogP contribution < -0.4 is 4.80 Å². The van der Waals surface area contributed by atoms with Crippen LogP contribution in [0.15, 0.2) is 76.2 Å². The minimum absolute atomic E-state index is 0. The zero-order valence-electron chi connectivity index (χ0n) is 13.0. The monoisotopic (exact) mass is 387 g/mol. The van der Waals surface area contributed by atoms with Crippen molar-refractivity contribution in [2.45, 2.75) is 13.8 Å². The zero-order valence-corrected chi connectivity index (χ0v) is 15.5. The summed E-state index contributed by atoms with van der Waals surface area (Å²) in [5.41, 5.74) is 4.32. The average Bonchev–Trinajstić information content (AvgIpc) is 2.98. The molecule has 23 heavy (non-hydrogen) atoms. The van der Waals surface area contributed by atoms with Gasteiger partial charge in [-0.05, 0) is 31.5 Å². The molecule has 0 spiro atoms. The van der Waals surface area contributed by atoms with Gasteiger partial charge >= 0.3 is 0 Å². The Morgan fingerprint density at radius 3 is 2.13 bits per heavy atom. The van der Waals surface area contributed by atoms with E-state index < -0.39 is 0 Å². The van der Waals surface area contributed by atoms with Crippen LogP contribution in [0.5, 0.6) is 0 Å². The molecule has 0 saturated heterocycles. The fourth-order valence-corrected chi connectivity index (χ4v) is 3.02. The molecule has 0 atom stereocenters. The number of benzene rings is 2. The quantitative estimate of drug-likeness (QED) is 0.443. The van der Waals surface area contributed by atoms with Crippen molar-refractivity contribution in [3.05, 3.63) is 70.8 Å². The molecule has 0 fully saturated rings. The molecule has 2 aromatic carbocycles. The lowest BCUT2D eigenvalue weighted by Gasteiger charge is -2.08. The molecule has 3 rings (SSSR count). The smallest absolute Gasteiger partial charge is 0.215 e. The molecule has 1 aromatic heterocycles. The van der Waals surface area contributed by atoms with E-state index in [9.17, 15) is 0 Å². The standard InChI is InChI=1S/C18H17N3S.BrH/c1-14(2)19-20-18-21(16-11-7-4-8-12-16)17(13-22-18)15-9-5-3-6-10-15;/h3-13H,1-2H3;1H. The van der Waals surface area contributed by atoms with Crippen LogP contribution in [-0.2, 0) is 0 Å². The SMILES string of the molecule is Br.CC(C)=NN=c1scc(-c2ccccc2)n1-c1ccccc1. The summed E-state index contributed by atoms with van der Waals surface area (Å²) in [5.74, 6) is 0. The van der Waals surface area contributed by atoms with Crippen molar-refractivity contribution in [2.24, 2.45) is 10.2 Å². The number of aromatic nitrogens is 1. The van der Waals surface area contributed by atoms with E-state index in [1.807, 2.05) is 50.2 Å². The Labute approximate surface area is 150 Å². The Bertz CT molecular complexity index is 845. The van der Waals surface area contributed by atoms with Gasteiger partial charge in [0.25, 0.3) is 0 Å². The first-order valence-electron chi connectivity index (χ1n) is 7.12. The lowest BCUT2D eigenvalue weighted by atomic mass is 10.1. The minimum atomic E-state index is 0. The van der Waals surface area contributed by atoms with Gasteiger partial charge in [-0.15, -0.1) is 33.4 Å². The van der Waals surface area contributed by atoms with Crippen LogP contribution in [0.4, 0.5) is 0 Å². The van der Waals surface area contributed by atoms with Crippen LogP contribution in [0, 0.1) is 0 Å². The topological polar surface area (TPSA) is 29.6 Å². The van der Waals surface area contributed by atoms with Crippen LogP contribution >= 0.6 is 28.3 Å². The summed E-state index contributed by atoms with van der Waals surface area (Å²) in [7, 11) is 0. The van der Waals surface area contributed by atoms with Crippen molar-refractivity contribution in [3.8, 4) is 16.9 Å². The third-order valence-electron chi connectivity index (χ3n) is 3.13. The first-order chi connectivity index (χ1) is 10.8. The second-order valence-corrected chi connectivity index (χ2v) is 5.92. The normalized spacial score (nSPS) is 11.0. The van der Waals surface area contributed by atoms with Gasteiger partial charge in [-0.2, -0.15) is 5.10 Å². The third-order valence-corrected chi connectivity index (χ3v) is 3.94. The third kappa shape index (κ3) is 4.06. The van der Waals surface area contributed by atoms with Crippen LogP contribution in [-0.4, -0.2) is 10.3 Å². The summed E-state index contributed by atoms with van der Waals surface area (Å²) >= 11 is 1.60. The number of rotatable bonds is 3. The van der Waals surface area contributed by atoms with Gasteiger partial charge in [0, 0.05) is 16.8 Å². The van der Waals surface area contributed by atoms with E-state index in [2.05, 4.69) is 44.4 Å². The predicted molar refractivity (Wildman–Crippen MR) is 104 cm³/mol. The summed E-state index contributed by atoms with van der Waals surface area (Å²) in [6, 6.07) is 20.6. The molecule has 5 heteroatoms. The van der Waals surface area contributed by atoms with E-state index in [0.717, 1.165) is 21.9 Å². The summed E-state index contributed by atoms with van der Waals surface area (Å²) in [6.07, 6.45) is 0. The van der Waals surface area contributed by atoms with Gasteiger partial charge < -0.3 is 0 Å². The Morgan fingerprint density at radius 2 is 1.52 bits per heavy atom. The first kappa shape index (κ1) is 17.4. The molecule has 0 saturated carbocycles. The molecule has 0 radical (unpaired) electrons. The summed E-state index contributed by atoms with van der Waals surface area (Å²) < 4.78 is 2.15. The highest BCUT2D eigenvalue weighted by molar-refractivity contribution is 8.93. The second kappa shape index (κ2) is 8.04. The van der Waals surface area contributed by atoms with Crippen molar-refractivity contribution >= 4 is 34.0 Å². The summed E-state index contributed by atoms with van der Waals surface area (Å²) in [5, 5.41) is 10.7. The Hall–Kier alpha value is -1.98. The number of hydrogen-bond donors (Lipinski definition) is 0. The van der Waals surface area contributed by atoms with E-state index in [-0.39, 0.29) is 17.0 Å². The predicted octanol–water partition coefficient (Wildman–Crippen LogP) is 5.08. The molecular formula is C18H18BrN3S. The van der Waals surface area contributed by atoms with Crippen molar-refractivity contribution in [3.63, 3.8) is 0 Å². The van der Waals surface area contributed by atoms with Crippen LogP contribution in [0.1, 0.15) is 13.8 Å². The molecule has 0 aliphatic heterocycles. The molecule has 118 valence electrons. The molecule has 0 aliphatic rings. The highest BCUT2D eigenvalue weighted by Gasteiger charge is 2.09. The van der Waals surface area contributed by atoms with Gasteiger partial charge in [-0.3, -0.25) is 4.57 Å². The fraction of sp³-hybridized carbons (Fsp3) is 0.111. The first-order valence-corrected chi connectivity index (χ1v) is 8.00. The number of para-hydroxylation sites is 1. The van der Waals surface area contributed by atoms with Gasteiger partial charge in [-0.25, -0.2) is 0 Å². The maximum atomic E-state index is 4.40. The molecule has 0 N–H and O–H groups in total. The lowest BCUT2D eigenvalue weighted by Crippen LogP contribution is -2.13. The molecule has 0 unspecified atom stereocenters. The van der Waals surface area contributed by atoms with E-state index >= 15 is 0 Å². The maximum absolute atomic E-state index is 4.40. The average molecular weight is 388 g/mol. The molecule has 3 aromatic rings. The van der Waals surface area contributed by atoms with E-state index in [4.69, 9.17) is 0 Å². The van der Waals surface area contributed by atoms with Gasteiger partial charge in [0.05, 0.1) is 5.69 Å². The summed E-state index contributed by atoms with van der Waals surface area (Å²) in [4.78, 5) is 0.867. The number of halogens is 1. The Morgan fingerprint density at radius 1 is 0.913 bits per heavy atom. The molecule has 3 nitrogen and oxygen atoms in total. The van der Waals surface area contributed by atoms with Crippen molar-refractivity contribution < 1.29 is 0 Å².